The van der Waals surface area contributed by atoms with Crippen molar-refractivity contribution in [1.29, 1.82) is 0 Å². The van der Waals surface area contributed by atoms with E-state index in [2.05, 4.69) is 15.0 Å². The fourth-order valence-electron chi connectivity index (χ4n) is 1.53. The van der Waals surface area contributed by atoms with Gasteiger partial charge in [-0.15, -0.1) is 11.3 Å². The lowest BCUT2D eigenvalue weighted by molar-refractivity contribution is 0.0957. The molecular formula is C11H14N4OS. The topological polar surface area (TPSA) is 72.9 Å². The zero-order valence-corrected chi connectivity index (χ0v) is 10.5. The molecule has 0 spiro atoms. The number of aryl methyl sites for hydroxylation is 1. The van der Waals surface area contributed by atoms with Gasteiger partial charge >= 0.3 is 0 Å². The Labute approximate surface area is 103 Å². The highest BCUT2D eigenvalue weighted by atomic mass is 32.1. The Morgan fingerprint density at radius 2 is 2.29 bits per heavy atom. The van der Waals surface area contributed by atoms with Gasteiger partial charge < -0.3 is 4.57 Å². The van der Waals surface area contributed by atoms with Crippen LogP contribution in [0.5, 0.6) is 0 Å². The number of nitrogens with zero attached hydrogens (tertiary/aromatic N) is 2. The molecule has 2 rings (SSSR count). The molecule has 2 aromatic rings. The van der Waals surface area contributed by atoms with E-state index < -0.39 is 0 Å². The molecule has 5 nitrogen and oxygen atoms in total. The van der Waals surface area contributed by atoms with Gasteiger partial charge in [0, 0.05) is 10.6 Å². The van der Waals surface area contributed by atoms with Crippen LogP contribution in [0.25, 0.3) is 0 Å². The number of nitrogens with one attached hydrogen (secondary N) is 1. The second kappa shape index (κ2) is 4.68. The molecule has 3 N–H and O–H groups in total. The molecule has 6 heteroatoms. The van der Waals surface area contributed by atoms with E-state index >= 15 is 0 Å². The number of amides is 1. The molecule has 0 bridgehead atoms. The van der Waals surface area contributed by atoms with E-state index in [-0.39, 0.29) is 5.91 Å². The summed E-state index contributed by atoms with van der Waals surface area (Å²) in [6.07, 6.45) is 1.81. The van der Waals surface area contributed by atoms with E-state index in [1.54, 1.807) is 6.07 Å². The molecule has 0 radical (unpaired) electrons. The third-order valence-corrected chi connectivity index (χ3v) is 3.76. The Bertz CT molecular complexity index is 543. The molecular weight excluding hydrogens is 236 g/mol. The van der Waals surface area contributed by atoms with Crippen molar-refractivity contribution in [2.24, 2.45) is 5.84 Å². The maximum atomic E-state index is 11.3. The fraction of sp³-hybridized carbons (Fsp3) is 0.273. The highest BCUT2D eigenvalue weighted by molar-refractivity contribution is 7.14. The number of imidazole rings is 1. The number of hydrazine groups is 1. The van der Waals surface area contributed by atoms with Crippen molar-refractivity contribution in [3.63, 3.8) is 0 Å². The molecule has 0 aliphatic rings. The lowest BCUT2D eigenvalue weighted by Crippen LogP contribution is -2.29. The van der Waals surface area contributed by atoms with Crippen LogP contribution in [0.2, 0.25) is 0 Å². The second-order valence-corrected chi connectivity index (χ2v) is 4.95. The summed E-state index contributed by atoms with van der Waals surface area (Å²) in [5, 5.41) is 0. The lowest BCUT2D eigenvalue weighted by Gasteiger charge is -2.02. The zero-order chi connectivity index (χ0) is 12.4. The number of hydrogen-bond acceptors (Lipinski definition) is 4. The first kappa shape index (κ1) is 11.8. The van der Waals surface area contributed by atoms with Crippen molar-refractivity contribution < 1.29 is 4.79 Å². The highest BCUT2D eigenvalue weighted by Gasteiger charge is 2.09. The molecule has 0 aliphatic carbocycles. The van der Waals surface area contributed by atoms with Gasteiger partial charge in [0.05, 0.1) is 23.4 Å². The number of rotatable bonds is 3. The fourth-order valence-corrected chi connectivity index (χ4v) is 2.44. The summed E-state index contributed by atoms with van der Waals surface area (Å²) in [4.78, 5) is 17.3. The predicted octanol–water partition coefficient (Wildman–Crippen LogP) is 1.21. The van der Waals surface area contributed by atoms with Crippen LogP contribution in [0.3, 0.4) is 0 Å². The average Bonchev–Trinajstić information content (AvgIpc) is 2.91. The van der Waals surface area contributed by atoms with Crippen molar-refractivity contribution in [2.75, 3.05) is 0 Å². The van der Waals surface area contributed by atoms with E-state index in [1.165, 1.54) is 11.3 Å². The first-order valence-corrected chi connectivity index (χ1v) is 6.01. The SMILES string of the molecule is Cc1ncn(Cc2ccc(C(=O)NN)s2)c1C. The summed E-state index contributed by atoms with van der Waals surface area (Å²) >= 11 is 1.44. The van der Waals surface area contributed by atoms with Crippen molar-refractivity contribution in [3.05, 3.63) is 39.6 Å². The number of thiophene rings is 1. The van der Waals surface area contributed by atoms with Crippen LogP contribution in [-0.2, 0) is 6.54 Å². The van der Waals surface area contributed by atoms with Gasteiger partial charge in [0.1, 0.15) is 0 Å². The smallest absolute Gasteiger partial charge is 0.275 e. The molecule has 2 aromatic heterocycles. The minimum absolute atomic E-state index is 0.250. The summed E-state index contributed by atoms with van der Waals surface area (Å²) in [5.41, 5.74) is 4.30. The van der Waals surface area contributed by atoms with E-state index in [0.717, 1.165) is 22.8 Å². The molecule has 0 unspecified atom stereocenters. The van der Waals surface area contributed by atoms with Crippen molar-refractivity contribution in [2.45, 2.75) is 20.4 Å². The van der Waals surface area contributed by atoms with Crippen LogP contribution >= 0.6 is 11.3 Å². The molecule has 0 saturated heterocycles. The van der Waals surface area contributed by atoms with Crippen molar-refractivity contribution in [3.8, 4) is 0 Å². The number of carbonyl (C=O) groups is 1. The van der Waals surface area contributed by atoms with Gasteiger partial charge in [0.25, 0.3) is 5.91 Å². The van der Waals surface area contributed by atoms with Crippen LogP contribution in [0.1, 0.15) is 25.9 Å². The Balaban J connectivity index is 2.17. The zero-order valence-electron chi connectivity index (χ0n) is 9.73. The van der Waals surface area contributed by atoms with Crippen LogP contribution in [0, 0.1) is 13.8 Å². The molecule has 1 amide bonds. The molecule has 0 saturated carbocycles. The minimum atomic E-state index is -0.250. The maximum absolute atomic E-state index is 11.3. The van der Waals surface area contributed by atoms with Crippen LogP contribution < -0.4 is 11.3 Å². The second-order valence-electron chi connectivity index (χ2n) is 3.78. The molecule has 0 aliphatic heterocycles. The molecule has 17 heavy (non-hydrogen) atoms. The number of nitrogens with two attached hydrogens (primary N) is 1. The van der Waals surface area contributed by atoms with Crippen molar-refractivity contribution in [1.82, 2.24) is 15.0 Å². The van der Waals surface area contributed by atoms with Crippen molar-refractivity contribution >= 4 is 17.2 Å². The number of nitrogen functional groups attached to an aromatic ring is 1. The van der Waals surface area contributed by atoms with E-state index in [0.29, 0.717) is 4.88 Å². The molecule has 90 valence electrons. The number of hydrogen-bond donors (Lipinski definition) is 2. The maximum Gasteiger partial charge on any atom is 0.275 e. The van der Waals surface area contributed by atoms with Gasteiger partial charge in [-0.1, -0.05) is 0 Å². The van der Waals surface area contributed by atoms with Gasteiger partial charge in [-0.25, -0.2) is 10.8 Å². The van der Waals surface area contributed by atoms with E-state index in [1.807, 2.05) is 26.2 Å². The third kappa shape index (κ3) is 2.37. The first-order valence-electron chi connectivity index (χ1n) is 5.20. The summed E-state index contributed by atoms with van der Waals surface area (Å²) in [7, 11) is 0. The van der Waals surface area contributed by atoms with E-state index in [4.69, 9.17) is 5.84 Å². The lowest BCUT2D eigenvalue weighted by atomic mass is 10.3. The molecule has 0 aromatic carbocycles. The normalized spacial score (nSPS) is 10.5. The van der Waals surface area contributed by atoms with E-state index in [9.17, 15) is 4.79 Å². The summed E-state index contributed by atoms with van der Waals surface area (Å²) < 4.78 is 2.06. The standard InChI is InChI=1S/C11H14N4OS/c1-7-8(2)15(6-13-7)5-9-3-4-10(17-9)11(16)14-12/h3-4,6H,5,12H2,1-2H3,(H,14,16). The predicted molar refractivity (Wildman–Crippen MR) is 66.8 cm³/mol. The Hall–Kier alpha value is -1.66. The molecule has 2 heterocycles. The largest absolute Gasteiger partial charge is 0.329 e. The minimum Gasteiger partial charge on any atom is -0.329 e. The summed E-state index contributed by atoms with van der Waals surface area (Å²) in [6.45, 7) is 4.74. The summed E-state index contributed by atoms with van der Waals surface area (Å²) in [5.74, 6) is 4.84. The summed E-state index contributed by atoms with van der Waals surface area (Å²) in [6, 6.07) is 3.71. The Morgan fingerprint density at radius 1 is 1.53 bits per heavy atom. The number of aromatic nitrogens is 2. The monoisotopic (exact) mass is 250 g/mol. The van der Waals surface area contributed by atoms with Gasteiger partial charge in [-0.05, 0) is 26.0 Å². The Morgan fingerprint density at radius 3 is 2.88 bits per heavy atom. The molecule has 0 atom stereocenters. The Kier molecular flexibility index (Phi) is 3.26. The van der Waals surface area contributed by atoms with Crippen LogP contribution in [0.15, 0.2) is 18.5 Å². The number of carbonyl (C=O) groups excluding carboxylic acids is 1. The van der Waals surface area contributed by atoms with Gasteiger partial charge in [-0.3, -0.25) is 10.2 Å². The van der Waals surface area contributed by atoms with Gasteiger partial charge in [0.15, 0.2) is 0 Å². The van der Waals surface area contributed by atoms with Gasteiger partial charge in [0.2, 0.25) is 0 Å². The third-order valence-electron chi connectivity index (χ3n) is 2.69. The quantitative estimate of drug-likeness (QED) is 0.488. The average molecular weight is 250 g/mol. The highest BCUT2D eigenvalue weighted by Crippen LogP contribution is 2.18. The van der Waals surface area contributed by atoms with Crippen LogP contribution in [-0.4, -0.2) is 15.5 Å². The van der Waals surface area contributed by atoms with Crippen LogP contribution in [0.4, 0.5) is 0 Å². The van der Waals surface area contributed by atoms with Gasteiger partial charge in [-0.2, -0.15) is 0 Å². The molecule has 0 fully saturated rings. The first-order chi connectivity index (χ1) is 8.11.